The monoisotopic (exact) mass is 205 g/mol. The summed E-state index contributed by atoms with van der Waals surface area (Å²) in [6, 6.07) is 5.61. The first kappa shape index (κ1) is 10.1. The smallest absolute Gasteiger partial charge is 0.213 e. The summed E-state index contributed by atoms with van der Waals surface area (Å²) in [6.07, 6.45) is 2.94. The molecule has 0 spiro atoms. The molecule has 3 nitrogen and oxygen atoms in total. The van der Waals surface area contributed by atoms with Crippen molar-refractivity contribution in [2.75, 3.05) is 0 Å². The molecule has 15 heavy (non-hydrogen) atoms. The molecule has 0 radical (unpaired) electrons. The summed E-state index contributed by atoms with van der Waals surface area (Å²) in [6.45, 7) is 3.92. The Hall–Kier alpha value is -1.38. The Morgan fingerprint density at radius 2 is 2.20 bits per heavy atom. The van der Waals surface area contributed by atoms with E-state index < -0.39 is 0 Å². The maximum absolute atomic E-state index is 10.9. The number of hydrogen-bond donors (Lipinski definition) is 0. The van der Waals surface area contributed by atoms with Gasteiger partial charge in [-0.25, -0.2) is 4.98 Å². The SMILES string of the molecule is CC(C)Oc1cccc(C2(C=O)CC2)n1. The normalized spacial score (nSPS) is 17.5. The third-order valence-electron chi connectivity index (χ3n) is 2.60. The van der Waals surface area contributed by atoms with E-state index in [9.17, 15) is 4.79 Å². The lowest BCUT2D eigenvalue weighted by Crippen LogP contribution is -2.13. The second-order valence-electron chi connectivity index (χ2n) is 4.30. The summed E-state index contributed by atoms with van der Waals surface area (Å²) in [4.78, 5) is 15.3. The van der Waals surface area contributed by atoms with Gasteiger partial charge < -0.3 is 9.53 Å². The number of nitrogens with zero attached hydrogens (tertiary/aromatic N) is 1. The zero-order valence-corrected chi connectivity index (χ0v) is 9.06. The second kappa shape index (κ2) is 3.65. The number of aldehydes is 1. The predicted octanol–water partition coefficient (Wildman–Crippen LogP) is 2.10. The van der Waals surface area contributed by atoms with Crippen molar-refractivity contribution in [3.63, 3.8) is 0 Å². The summed E-state index contributed by atoms with van der Waals surface area (Å²) in [5.41, 5.74) is 0.534. The number of aromatic nitrogens is 1. The largest absolute Gasteiger partial charge is 0.475 e. The van der Waals surface area contributed by atoms with E-state index in [-0.39, 0.29) is 11.5 Å². The average Bonchev–Trinajstić information content (AvgIpc) is 2.97. The second-order valence-corrected chi connectivity index (χ2v) is 4.30. The van der Waals surface area contributed by atoms with Gasteiger partial charge in [0.2, 0.25) is 5.88 Å². The van der Waals surface area contributed by atoms with Crippen molar-refractivity contribution in [1.82, 2.24) is 4.98 Å². The molecule has 0 saturated heterocycles. The molecule has 1 aromatic rings. The summed E-state index contributed by atoms with van der Waals surface area (Å²) < 4.78 is 5.50. The number of carbonyl (C=O) groups excluding carboxylic acids is 1. The number of ether oxygens (including phenoxy) is 1. The Labute approximate surface area is 89.5 Å². The van der Waals surface area contributed by atoms with Gasteiger partial charge in [0.1, 0.15) is 6.29 Å². The average molecular weight is 205 g/mol. The zero-order valence-electron chi connectivity index (χ0n) is 9.06. The van der Waals surface area contributed by atoms with Crippen LogP contribution in [0.25, 0.3) is 0 Å². The van der Waals surface area contributed by atoms with Crippen LogP contribution in [0.4, 0.5) is 0 Å². The number of hydrogen-bond acceptors (Lipinski definition) is 3. The van der Waals surface area contributed by atoms with Crippen LogP contribution in [0.3, 0.4) is 0 Å². The summed E-state index contributed by atoms with van der Waals surface area (Å²) in [5, 5.41) is 0. The first-order valence-corrected chi connectivity index (χ1v) is 5.27. The van der Waals surface area contributed by atoms with Crippen LogP contribution >= 0.6 is 0 Å². The molecule has 0 N–H and O–H groups in total. The third-order valence-corrected chi connectivity index (χ3v) is 2.60. The third kappa shape index (κ3) is 2.01. The van der Waals surface area contributed by atoms with Crippen LogP contribution in [0.1, 0.15) is 32.4 Å². The van der Waals surface area contributed by atoms with Crippen LogP contribution in [0, 0.1) is 0 Å². The van der Waals surface area contributed by atoms with Gasteiger partial charge in [-0.2, -0.15) is 0 Å². The van der Waals surface area contributed by atoms with Crippen molar-refractivity contribution in [3.8, 4) is 5.88 Å². The van der Waals surface area contributed by atoms with Crippen LogP contribution in [0.5, 0.6) is 5.88 Å². The van der Waals surface area contributed by atoms with Crippen LogP contribution in [0.15, 0.2) is 18.2 Å². The fourth-order valence-corrected chi connectivity index (χ4v) is 1.57. The van der Waals surface area contributed by atoms with Crippen molar-refractivity contribution in [2.24, 2.45) is 0 Å². The minimum atomic E-state index is -0.309. The highest BCUT2D eigenvalue weighted by molar-refractivity contribution is 5.72. The van der Waals surface area contributed by atoms with E-state index in [0.717, 1.165) is 24.8 Å². The van der Waals surface area contributed by atoms with Gasteiger partial charge in [-0.05, 0) is 32.8 Å². The van der Waals surface area contributed by atoms with Crippen LogP contribution in [-0.2, 0) is 10.2 Å². The maximum Gasteiger partial charge on any atom is 0.213 e. The summed E-state index contributed by atoms with van der Waals surface area (Å²) in [5.74, 6) is 0.607. The quantitative estimate of drug-likeness (QED) is 0.706. The van der Waals surface area contributed by atoms with Gasteiger partial charge in [0.15, 0.2) is 0 Å². The van der Waals surface area contributed by atoms with E-state index in [2.05, 4.69) is 4.98 Å². The van der Waals surface area contributed by atoms with E-state index in [1.807, 2.05) is 32.0 Å². The minimum Gasteiger partial charge on any atom is -0.475 e. The number of carbonyl (C=O) groups is 1. The van der Waals surface area contributed by atoms with Crippen LogP contribution < -0.4 is 4.74 Å². The first-order chi connectivity index (χ1) is 7.16. The van der Waals surface area contributed by atoms with Crippen LogP contribution in [-0.4, -0.2) is 17.4 Å². The van der Waals surface area contributed by atoms with Gasteiger partial charge in [0.05, 0.1) is 17.2 Å². The Balaban J connectivity index is 2.23. The van der Waals surface area contributed by atoms with Crippen molar-refractivity contribution in [2.45, 2.75) is 38.2 Å². The Morgan fingerprint density at radius 1 is 1.47 bits per heavy atom. The first-order valence-electron chi connectivity index (χ1n) is 5.27. The highest BCUT2D eigenvalue weighted by Gasteiger charge is 2.45. The van der Waals surface area contributed by atoms with Gasteiger partial charge in [0, 0.05) is 6.07 Å². The molecule has 1 aliphatic rings. The highest BCUT2D eigenvalue weighted by Crippen LogP contribution is 2.45. The number of pyridine rings is 1. The topological polar surface area (TPSA) is 39.2 Å². The van der Waals surface area contributed by atoms with Gasteiger partial charge in [-0.15, -0.1) is 0 Å². The fourth-order valence-electron chi connectivity index (χ4n) is 1.57. The summed E-state index contributed by atoms with van der Waals surface area (Å²) >= 11 is 0. The number of rotatable bonds is 4. The lowest BCUT2D eigenvalue weighted by atomic mass is 10.0. The molecule has 0 unspecified atom stereocenters. The molecule has 1 aliphatic carbocycles. The minimum absolute atomic E-state index is 0.110. The van der Waals surface area contributed by atoms with E-state index in [1.54, 1.807) is 0 Å². The predicted molar refractivity (Wildman–Crippen MR) is 57.0 cm³/mol. The van der Waals surface area contributed by atoms with Crippen molar-refractivity contribution in [3.05, 3.63) is 23.9 Å². The molecule has 1 aromatic heterocycles. The molecule has 0 aliphatic heterocycles. The molecule has 1 fully saturated rings. The Bertz CT molecular complexity index is 370. The summed E-state index contributed by atoms with van der Waals surface area (Å²) in [7, 11) is 0. The van der Waals surface area contributed by atoms with Crippen molar-refractivity contribution >= 4 is 6.29 Å². The molecule has 0 aromatic carbocycles. The van der Waals surface area contributed by atoms with E-state index in [4.69, 9.17) is 4.74 Å². The van der Waals surface area contributed by atoms with E-state index in [1.165, 1.54) is 0 Å². The van der Waals surface area contributed by atoms with E-state index in [0.29, 0.717) is 5.88 Å². The molecule has 3 heteroatoms. The molecule has 0 bridgehead atoms. The fraction of sp³-hybridized carbons (Fsp3) is 0.500. The molecule has 80 valence electrons. The van der Waals surface area contributed by atoms with Crippen LogP contribution in [0.2, 0.25) is 0 Å². The van der Waals surface area contributed by atoms with Gasteiger partial charge in [-0.3, -0.25) is 0 Å². The lowest BCUT2D eigenvalue weighted by Gasteiger charge is -2.11. The molecule has 0 atom stereocenters. The zero-order chi connectivity index (χ0) is 10.9. The molecule has 2 rings (SSSR count). The highest BCUT2D eigenvalue weighted by atomic mass is 16.5. The molecular formula is C12H15NO2. The molecular weight excluding hydrogens is 190 g/mol. The van der Waals surface area contributed by atoms with Gasteiger partial charge >= 0.3 is 0 Å². The molecule has 1 saturated carbocycles. The molecule has 0 amide bonds. The maximum atomic E-state index is 10.9. The van der Waals surface area contributed by atoms with Crippen molar-refractivity contribution in [1.29, 1.82) is 0 Å². The Morgan fingerprint density at radius 3 is 2.73 bits per heavy atom. The van der Waals surface area contributed by atoms with Gasteiger partial charge in [0.25, 0.3) is 0 Å². The molecule has 1 heterocycles. The van der Waals surface area contributed by atoms with E-state index >= 15 is 0 Å². The lowest BCUT2D eigenvalue weighted by molar-refractivity contribution is -0.109. The standard InChI is InChI=1S/C12H15NO2/c1-9(2)15-11-5-3-4-10(13-11)12(8-14)6-7-12/h3-5,8-9H,6-7H2,1-2H3. The van der Waals surface area contributed by atoms with Crippen molar-refractivity contribution < 1.29 is 9.53 Å². The van der Waals surface area contributed by atoms with Gasteiger partial charge in [-0.1, -0.05) is 6.07 Å². The Kier molecular flexibility index (Phi) is 2.47.